The Hall–Kier alpha value is -3.06. The summed E-state index contributed by atoms with van der Waals surface area (Å²) in [5.41, 5.74) is 4.67. The van der Waals surface area contributed by atoms with Crippen LogP contribution in [-0.4, -0.2) is 33.7 Å². The van der Waals surface area contributed by atoms with Crippen LogP contribution in [-0.2, 0) is 11.2 Å². The van der Waals surface area contributed by atoms with Gasteiger partial charge in [-0.1, -0.05) is 53.8 Å². The average molecular weight is 450 g/mol. The van der Waals surface area contributed by atoms with E-state index in [0.717, 1.165) is 32.1 Å². The number of aromatic nitrogens is 2. The number of amides is 1. The van der Waals surface area contributed by atoms with Gasteiger partial charge in [-0.25, -0.2) is 0 Å². The van der Waals surface area contributed by atoms with Gasteiger partial charge in [0.15, 0.2) is 0 Å². The molecule has 1 heterocycles. The number of nitrogens with zero attached hydrogens (tertiary/aromatic N) is 3. The molecule has 1 N–H and O–H groups in total. The van der Waals surface area contributed by atoms with Crippen LogP contribution >= 0.6 is 11.3 Å². The highest BCUT2D eigenvalue weighted by molar-refractivity contribution is 7.13. The van der Waals surface area contributed by atoms with E-state index >= 15 is 0 Å². The number of benzene rings is 2. The van der Waals surface area contributed by atoms with Crippen molar-refractivity contribution < 1.29 is 14.7 Å². The molecule has 0 bridgehead atoms. The Kier molecular flexibility index (Phi) is 7.27. The van der Waals surface area contributed by atoms with E-state index in [0.29, 0.717) is 23.2 Å². The van der Waals surface area contributed by atoms with Gasteiger partial charge in [0.1, 0.15) is 5.51 Å². The molecule has 1 amide bonds. The summed E-state index contributed by atoms with van der Waals surface area (Å²) in [5, 5.41) is 17.6. The minimum atomic E-state index is -0.705. The number of hydrogen-bond donors (Lipinski definition) is 1. The van der Waals surface area contributed by atoms with Crippen LogP contribution in [0.15, 0.2) is 60.1 Å². The van der Waals surface area contributed by atoms with Gasteiger partial charge in [0.2, 0.25) is 5.13 Å². The SMILES string of the molecule is O=C(O)CC1CCC(c2ccc(C(=O)N(CCc3ccccc3)c3nncs3)cc2)CC1. The number of carbonyl (C=O) groups excluding carboxylic acids is 1. The second-order valence-electron chi connectivity index (χ2n) is 8.35. The molecule has 0 unspecified atom stereocenters. The molecule has 1 aliphatic carbocycles. The molecule has 3 aromatic rings. The number of hydrogen-bond acceptors (Lipinski definition) is 5. The summed E-state index contributed by atoms with van der Waals surface area (Å²) < 4.78 is 0. The van der Waals surface area contributed by atoms with Crippen molar-refractivity contribution in [3.8, 4) is 0 Å². The molecule has 4 rings (SSSR count). The molecule has 166 valence electrons. The van der Waals surface area contributed by atoms with Gasteiger partial charge in [-0.2, -0.15) is 0 Å². The van der Waals surface area contributed by atoms with Crippen LogP contribution in [0.5, 0.6) is 0 Å². The predicted molar refractivity (Wildman–Crippen MR) is 125 cm³/mol. The maximum atomic E-state index is 13.3. The Balaban J connectivity index is 1.42. The summed E-state index contributed by atoms with van der Waals surface area (Å²) >= 11 is 1.36. The van der Waals surface area contributed by atoms with Gasteiger partial charge in [0.05, 0.1) is 0 Å². The van der Waals surface area contributed by atoms with E-state index in [-0.39, 0.29) is 18.2 Å². The van der Waals surface area contributed by atoms with E-state index in [4.69, 9.17) is 5.11 Å². The van der Waals surface area contributed by atoms with Crippen molar-refractivity contribution in [2.45, 2.75) is 44.4 Å². The third kappa shape index (κ3) is 5.59. The first-order chi connectivity index (χ1) is 15.6. The van der Waals surface area contributed by atoms with Crippen molar-refractivity contribution in [1.82, 2.24) is 10.2 Å². The zero-order chi connectivity index (χ0) is 22.3. The summed E-state index contributed by atoms with van der Waals surface area (Å²) in [5.74, 6) is -0.0609. The molecule has 0 saturated heterocycles. The van der Waals surface area contributed by atoms with Crippen LogP contribution in [0, 0.1) is 5.92 Å². The Morgan fingerprint density at radius 3 is 2.34 bits per heavy atom. The maximum absolute atomic E-state index is 13.3. The van der Waals surface area contributed by atoms with Gasteiger partial charge in [0, 0.05) is 18.5 Å². The van der Waals surface area contributed by atoms with Gasteiger partial charge < -0.3 is 5.11 Å². The number of carboxylic acids is 1. The summed E-state index contributed by atoms with van der Waals surface area (Å²) in [6.45, 7) is 0.535. The summed E-state index contributed by atoms with van der Waals surface area (Å²) in [6, 6.07) is 18.0. The zero-order valence-electron chi connectivity index (χ0n) is 17.9. The molecule has 7 heteroatoms. The topological polar surface area (TPSA) is 83.4 Å². The molecule has 6 nitrogen and oxygen atoms in total. The highest BCUT2D eigenvalue weighted by Crippen LogP contribution is 2.37. The summed E-state index contributed by atoms with van der Waals surface area (Å²) in [4.78, 5) is 26.0. The van der Waals surface area contributed by atoms with E-state index in [1.54, 1.807) is 10.4 Å². The molecule has 32 heavy (non-hydrogen) atoms. The lowest BCUT2D eigenvalue weighted by molar-refractivity contribution is -0.138. The fourth-order valence-corrected chi connectivity index (χ4v) is 5.04. The van der Waals surface area contributed by atoms with E-state index in [1.165, 1.54) is 22.5 Å². The molecule has 0 aliphatic heterocycles. The number of anilines is 1. The molecule has 2 aromatic carbocycles. The maximum Gasteiger partial charge on any atom is 0.303 e. The third-order valence-electron chi connectivity index (χ3n) is 6.23. The minimum absolute atomic E-state index is 0.0746. The van der Waals surface area contributed by atoms with Gasteiger partial charge in [0.25, 0.3) is 5.91 Å². The lowest BCUT2D eigenvalue weighted by atomic mass is 9.77. The lowest BCUT2D eigenvalue weighted by Crippen LogP contribution is -2.33. The first-order valence-electron chi connectivity index (χ1n) is 11.0. The normalized spacial score (nSPS) is 18.2. The van der Waals surface area contributed by atoms with E-state index in [2.05, 4.69) is 22.3 Å². The number of carbonyl (C=O) groups is 2. The first kappa shape index (κ1) is 22.1. The molecule has 1 saturated carbocycles. The molecular formula is C25H27N3O3S. The smallest absolute Gasteiger partial charge is 0.303 e. The quantitative estimate of drug-likeness (QED) is 0.513. The predicted octanol–water partition coefficient (Wildman–Crippen LogP) is 5.18. The van der Waals surface area contributed by atoms with E-state index in [9.17, 15) is 9.59 Å². The molecule has 0 spiro atoms. The van der Waals surface area contributed by atoms with Crippen molar-refractivity contribution in [2.75, 3.05) is 11.4 Å². The lowest BCUT2D eigenvalue weighted by Gasteiger charge is -2.28. The monoisotopic (exact) mass is 449 g/mol. The van der Waals surface area contributed by atoms with Crippen LogP contribution in [0.25, 0.3) is 0 Å². The van der Waals surface area contributed by atoms with Crippen molar-refractivity contribution in [3.63, 3.8) is 0 Å². The van der Waals surface area contributed by atoms with Crippen molar-refractivity contribution in [3.05, 3.63) is 76.8 Å². The van der Waals surface area contributed by atoms with Crippen LogP contribution in [0.3, 0.4) is 0 Å². The van der Waals surface area contributed by atoms with Crippen LogP contribution in [0.2, 0.25) is 0 Å². The van der Waals surface area contributed by atoms with Gasteiger partial charge >= 0.3 is 5.97 Å². The van der Waals surface area contributed by atoms with Crippen LogP contribution in [0.1, 0.15) is 59.5 Å². The molecular weight excluding hydrogens is 422 g/mol. The molecule has 0 radical (unpaired) electrons. The minimum Gasteiger partial charge on any atom is -0.481 e. The van der Waals surface area contributed by atoms with E-state index < -0.39 is 5.97 Å². The highest BCUT2D eigenvalue weighted by Gasteiger charge is 2.25. The molecule has 0 atom stereocenters. The Bertz CT molecular complexity index is 1010. The number of rotatable bonds is 8. The second-order valence-corrected chi connectivity index (χ2v) is 9.16. The van der Waals surface area contributed by atoms with Crippen LogP contribution < -0.4 is 4.90 Å². The fraction of sp³-hybridized carbons (Fsp3) is 0.360. The van der Waals surface area contributed by atoms with E-state index in [1.807, 2.05) is 42.5 Å². The van der Waals surface area contributed by atoms with Crippen molar-refractivity contribution in [2.24, 2.45) is 5.92 Å². The highest BCUT2D eigenvalue weighted by atomic mass is 32.1. The average Bonchev–Trinajstić information content (AvgIpc) is 3.35. The standard InChI is InChI=1S/C25H27N3O3S/c29-23(30)16-19-6-8-20(9-7-19)21-10-12-22(13-11-21)24(31)28(25-27-26-17-32-25)15-14-18-4-2-1-3-5-18/h1-5,10-13,17,19-20H,6-9,14-16H2,(H,29,30). The Labute approximate surface area is 191 Å². The first-order valence-corrected chi connectivity index (χ1v) is 11.9. The number of aliphatic carboxylic acids is 1. The zero-order valence-corrected chi connectivity index (χ0v) is 18.7. The fourth-order valence-electron chi connectivity index (χ4n) is 4.46. The third-order valence-corrected chi connectivity index (χ3v) is 6.94. The summed E-state index contributed by atoms with van der Waals surface area (Å²) in [7, 11) is 0. The van der Waals surface area contributed by atoms with Crippen LogP contribution in [0.4, 0.5) is 5.13 Å². The van der Waals surface area contributed by atoms with Crippen molar-refractivity contribution >= 4 is 28.3 Å². The van der Waals surface area contributed by atoms with Gasteiger partial charge in [-0.3, -0.25) is 14.5 Å². The second kappa shape index (κ2) is 10.5. The number of carboxylic acid groups (broad SMARTS) is 1. The Morgan fingerprint density at radius 2 is 1.72 bits per heavy atom. The molecule has 1 aromatic heterocycles. The molecule has 1 aliphatic rings. The Morgan fingerprint density at radius 1 is 1.00 bits per heavy atom. The van der Waals surface area contributed by atoms with Crippen molar-refractivity contribution in [1.29, 1.82) is 0 Å². The summed E-state index contributed by atoms with van der Waals surface area (Å²) in [6.07, 6.45) is 4.90. The van der Waals surface area contributed by atoms with Gasteiger partial charge in [-0.15, -0.1) is 10.2 Å². The molecule has 1 fully saturated rings. The largest absolute Gasteiger partial charge is 0.481 e. The van der Waals surface area contributed by atoms with Gasteiger partial charge in [-0.05, 0) is 67.2 Å².